The minimum atomic E-state index is -1.89. The standard InChI is InChI=1S/C27H26FN3O6/c1-16-29-24(17-8-10-20(28)11-9-17)22(35-16)12-13-23(32)31-21-7-5-4-6-18(21)14-19(15-30(2)3)27(31)36-25(33)26(34)37-27/h4-11,19H,12-15H2,1-3H3. The average Bonchev–Trinajstić information content (AvgIpc) is 3.37. The van der Waals surface area contributed by atoms with E-state index in [2.05, 4.69) is 4.98 Å². The molecular weight excluding hydrogens is 481 g/mol. The molecule has 5 rings (SSSR count). The molecule has 0 radical (unpaired) electrons. The molecule has 0 aliphatic carbocycles. The number of carbonyl (C=O) groups excluding carboxylic acids is 3. The zero-order valence-electron chi connectivity index (χ0n) is 20.7. The highest BCUT2D eigenvalue weighted by molar-refractivity contribution is 6.31. The van der Waals surface area contributed by atoms with Crippen LogP contribution in [0.4, 0.5) is 10.1 Å². The van der Waals surface area contributed by atoms with Crippen LogP contribution in [0, 0.1) is 18.7 Å². The highest BCUT2D eigenvalue weighted by Gasteiger charge is 2.62. The number of benzene rings is 2. The molecule has 1 fully saturated rings. The number of para-hydroxylation sites is 1. The number of esters is 2. The highest BCUT2D eigenvalue weighted by Crippen LogP contribution is 2.45. The number of oxazole rings is 1. The van der Waals surface area contributed by atoms with Crippen LogP contribution < -0.4 is 4.90 Å². The van der Waals surface area contributed by atoms with Crippen LogP contribution in [-0.4, -0.2) is 54.3 Å². The third kappa shape index (κ3) is 4.48. The van der Waals surface area contributed by atoms with Crippen molar-refractivity contribution in [3.8, 4) is 11.3 Å². The number of hydrogen-bond donors (Lipinski definition) is 0. The molecule has 1 atom stereocenters. The van der Waals surface area contributed by atoms with Crippen molar-refractivity contribution >= 4 is 23.5 Å². The van der Waals surface area contributed by atoms with Crippen molar-refractivity contribution < 1.29 is 32.7 Å². The fourth-order valence-corrected chi connectivity index (χ4v) is 5.01. The summed E-state index contributed by atoms with van der Waals surface area (Å²) in [4.78, 5) is 46.0. The zero-order chi connectivity index (χ0) is 26.3. The molecule has 0 N–H and O–H groups in total. The van der Waals surface area contributed by atoms with Crippen molar-refractivity contribution in [1.29, 1.82) is 0 Å². The quantitative estimate of drug-likeness (QED) is 0.370. The zero-order valence-corrected chi connectivity index (χ0v) is 20.7. The lowest BCUT2D eigenvalue weighted by Gasteiger charge is -2.46. The maximum absolute atomic E-state index is 13.9. The molecule has 3 aromatic rings. The van der Waals surface area contributed by atoms with Gasteiger partial charge in [-0.15, -0.1) is 0 Å². The largest absolute Gasteiger partial charge is 0.445 e. The molecule has 192 valence electrons. The molecule has 10 heteroatoms. The Morgan fingerprint density at radius 2 is 1.78 bits per heavy atom. The van der Waals surface area contributed by atoms with Gasteiger partial charge in [0.25, 0.3) is 0 Å². The number of rotatable bonds is 6. The first-order chi connectivity index (χ1) is 17.7. The van der Waals surface area contributed by atoms with E-state index >= 15 is 0 Å². The van der Waals surface area contributed by atoms with E-state index in [-0.39, 0.29) is 18.7 Å². The van der Waals surface area contributed by atoms with E-state index in [4.69, 9.17) is 13.9 Å². The number of halogens is 1. The number of aromatic nitrogens is 1. The number of fused-ring (bicyclic) bond motifs is 1. The van der Waals surface area contributed by atoms with Crippen LogP contribution in [0.25, 0.3) is 11.3 Å². The van der Waals surface area contributed by atoms with E-state index in [1.165, 1.54) is 17.0 Å². The van der Waals surface area contributed by atoms with Gasteiger partial charge in [0.1, 0.15) is 17.3 Å². The molecule has 2 aromatic carbocycles. The first kappa shape index (κ1) is 24.6. The van der Waals surface area contributed by atoms with Crippen molar-refractivity contribution in [3.63, 3.8) is 0 Å². The van der Waals surface area contributed by atoms with Crippen molar-refractivity contribution in [2.75, 3.05) is 25.5 Å². The van der Waals surface area contributed by atoms with Gasteiger partial charge in [-0.05, 0) is 56.4 Å². The summed E-state index contributed by atoms with van der Waals surface area (Å²) in [5.41, 5.74) is 2.56. The van der Waals surface area contributed by atoms with E-state index in [0.717, 1.165) is 5.56 Å². The Morgan fingerprint density at radius 1 is 1.11 bits per heavy atom. The summed E-state index contributed by atoms with van der Waals surface area (Å²) < 4.78 is 30.3. The fourth-order valence-electron chi connectivity index (χ4n) is 5.01. The predicted octanol–water partition coefficient (Wildman–Crippen LogP) is 3.24. The molecule has 1 unspecified atom stereocenters. The number of nitrogens with zero attached hydrogens (tertiary/aromatic N) is 3. The summed E-state index contributed by atoms with van der Waals surface area (Å²) in [6.45, 7) is 2.09. The molecule has 1 saturated heterocycles. The second-order valence-corrected chi connectivity index (χ2v) is 9.44. The van der Waals surface area contributed by atoms with Crippen molar-refractivity contribution in [2.45, 2.75) is 32.1 Å². The van der Waals surface area contributed by atoms with E-state index in [1.54, 1.807) is 31.2 Å². The van der Waals surface area contributed by atoms with Crippen LogP contribution in [0.5, 0.6) is 0 Å². The second-order valence-electron chi connectivity index (χ2n) is 9.44. The monoisotopic (exact) mass is 507 g/mol. The van der Waals surface area contributed by atoms with Gasteiger partial charge in [0, 0.05) is 31.9 Å². The Bertz CT molecular complexity index is 1350. The fraction of sp³-hybridized carbons (Fsp3) is 0.333. The summed E-state index contributed by atoms with van der Waals surface area (Å²) in [7, 11) is 3.70. The number of aryl methyl sites for hydroxylation is 2. The lowest BCUT2D eigenvalue weighted by atomic mass is 9.87. The Balaban J connectivity index is 1.49. The number of carbonyl (C=O) groups is 3. The van der Waals surface area contributed by atoms with Crippen molar-refractivity contribution in [3.05, 3.63) is 71.6 Å². The molecule has 2 aliphatic rings. The van der Waals surface area contributed by atoms with E-state index in [0.29, 0.717) is 41.6 Å². The van der Waals surface area contributed by atoms with Gasteiger partial charge < -0.3 is 18.8 Å². The van der Waals surface area contributed by atoms with E-state index in [9.17, 15) is 18.8 Å². The van der Waals surface area contributed by atoms with Crippen molar-refractivity contribution in [2.24, 2.45) is 5.92 Å². The molecule has 37 heavy (non-hydrogen) atoms. The Labute approximate surface area is 212 Å². The number of anilines is 1. The number of amides is 1. The topological polar surface area (TPSA) is 102 Å². The molecule has 2 aliphatic heterocycles. The third-order valence-electron chi connectivity index (χ3n) is 6.49. The van der Waals surface area contributed by atoms with Crippen molar-refractivity contribution in [1.82, 2.24) is 9.88 Å². The normalized spacial score (nSPS) is 18.2. The summed E-state index contributed by atoms with van der Waals surface area (Å²) in [5, 5.41) is 0. The first-order valence-electron chi connectivity index (χ1n) is 11.9. The maximum atomic E-state index is 13.9. The molecule has 3 heterocycles. The Kier molecular flexibility index (Phi) is 6.28. The summed E-state index contributed by atoms with van der Waals surface area (Å²) in [5.74, 6) is -4.59. The third-order valence-corrected chi connectivity index (χ3v) is 6.49. The molecule has 0 bridgehead atoms. The van der Waals surface area contributed by atoms with Crippen LogP contribution >= 0.6 is 0 Å². The van der Waals surface area contributed by atoms with Gasteiger partial charge in [0.15, 0.2) is 5.89 Å². The molecule has 0 saturated carbocycles. The van der Waals surface area contributed by atoms with Gasteiger partial charge in [-0.1, -0.05) is 18.2 Å². The van der Waals surface area contributed by atoms with Crippen LogP contribution in [0.2, 0.25) is 0 Å². The van der Waals surface area contributed by atoms with Crippen LogP contribution in [-0.2, 0) is 36.7 Å². The highest BCUT2D eigenvalue weighted by atomic mass is 19.1. The molecule has 1 aromatic heterocycles. The second kappa shape index (κ2) is 9.44. The summed E-state index contributed by atoms with van der Waals surface area (Å²) in [6.07, 6.45) is 0.554. The van der Waals surface area contributed by atoms with E-state index < -0.39 is 29.7 Å². The lowest BCUT2D eigenvalue weighted by molar-refractivity contribution is -0.206. The van der Waals surface area contributed by atoms with Gasteiger partial charge in [0.2, 0.25) is 5.91 Å². The molecular formula is C27H26FN3O6. The van der Waals surface area contributed by atoms with Crippen LogP contribution in [0.15, 0.2) is 52.9 Å². The Hall–Kier alpha value is -4.05. The van der Waals surface area contributed by atoms with Gasteiger partial charge in [-0.25, -0.2) is 23.9 Å². The smallest absolute Gasteiger partial charge is 0.422 e. The number of ether oxygens (including phenoxy) is 2. The lowest BCUT2D eigenvalue weighted by Crippen LogP contribution is -2.63. The maximum Gasteiger partial charge on any atom is 0.422 e. The summed E-state index contributed by atoms with van der Waals surface area (Å²) in [6, 6.07) is 13.1. The first-order valence-corrected chi connectivity index (χ1v) is 11.9. The van der Waals surface area contributed by atoms with E-state index in [1.807, 2.05) is 31.1 Å². The van der Waals surface area contributed by atoms with Gasteiger partial charge >= 0.3 is 17.8 Å². The SMILES string of the molecule is Cc1nc(-c2ccc(F)cc2)c(CCC(=O)N2c3ccccc3CC(CN(C)C)C23OC(=O)C(=O)O3)o1. The van der Waals surface area contributed by atoms with Gasteiger partial charge in [-0.3, -0.25) is 4.79 Å². The Morgan fingerprint density at radius 3 is 2.46 bits per heavy atom. The van der Waals surface area contributed by atoms with Gasteiger partial charge in [-0.2, -0.15) is 0 Å². The summed E-state index contributed by atoms with van der Waals surface area (Å²) >= 11 is 0. The molecule has 9 nitrogen and oxygen atoms in total. The predicted molar refractivity (Wildman–Crippen MR) is 130 cm³/mol. The minimum absolute atomic E-state index is 0.0529. The van der Waals surface area contributed by atoms with Crippen LogP contribution in [0.3, 0.4) is 0 Å². The minimum Gasteiger partial charge on any atom is -0.445 e. The average molecular weight is 508 g/mol. The number of hydrogen-bond acceptors (Lipinski definition) is 8. The van der Waals surface area contributed by atoms with Crippen LogP contribution in [0.1, 0.15) is 23.6 Å². The molecule has 1 spiro atoms. The molecule has 1 amide bonds. The van der Waals surface area contributed by atoms with Gasteiger partial charge in [0.05, 0.1) is 11.6 Å².